The molecule has 0 saturated carbocycles. The molecule has 1 aliphatic rings. The fourth-order valence-electron chi connectivity index (χ4n) is 5.06. The van der Waals surface area contributed by atoms with Crippen LogP contribution in [0.15, 0.2) is 72.8 Å². The molecule has 3 aromatic carbocycles. The van der Waals surface area contributed by atoms with E-state index in [-0.39, 0.29) is 19.6 Å². The molecule has 1 atom stereocenters. The van der Waals surface area contributed by atoms with Crippen LogP contribution in [0.4, 0.5) is 21.9 Å². The Morgan fingerprint density at radius 2 is 1.43 bits per heavy atom. The lowest BCUT2D eigenvalue weighted by Gasteiger charge is -2.30. The van der Waals surface area contributed by atoms with Gasteiger partial charge in [0.1, 0.15) is 0 Å². The molecule has 0 aliphatic carbocycles. The highest BCUT2D eigenvalue weighted by Gasteiger charge is 2.53. The number of carbonyl (C=O) groups is 4. The molecule has 0 saturated heterocycles. The molecule has 3 aromatic rings. The Bertz CT molecular complexity index is 1470. The molecule has 4 rings (SSSR count). The van der Waals surface area contributed by atoms with Gasteiger partial charge in [-0.15, -0.1) is 0 Å². The van der Waals surface area contributed by atoms with Gasteiger partial charge in [0.15, 0.2) is 11.8 Å². The summed E-state index contributed by atoms with van der Waals surface area (Å²) in [5.41, 5.74) is 1.54. The molecule has 232 valence electrons. The number of nitrogens with zero attached hydrogens (tertiary/aromatic N) is 1. The van der Waals surface area contributed by atoms with Crippen LogP contribution in [0.25, 0.3) is 0 Å². The summed E-state index contributed by atoms with van der Waals surface area (Å²) in [4.78, 5) is 54.9. The highest BCUT2D eigenvalue weighted by atomic mass is 16.7. The minimum atomic E-state index is -1.75. The number of hydrogen-bond acceptors (Lipinski definition) is 7. The van der Waals surface area contributed by atoms with Gasteiger partial charge in [-0.2, -0.15) is 0 Å². The zero-order chi connectivity index (χ0) is 31.7. The maximum atomic E-state index is 14.4. The van der Waals surface area contributed by atoms with E-state index in [9.17, 15) is 19.2 Å². The van der Waals surface area contributed by atoms with Crippen molar-refractivity contribution in [1.29, 1.82) is 0 Å². The van der Waals surface area contributed by atoms with Crippen molar-refractivity contribution in [2.75, 3.05) is 41.9 Å². The Kier molecular flexibility index (Phi) is 10.7. The lowest BCUT2D eigenvalue weighted by molar-refractivity contribution is -0.138. The van der Waals surface area contributed by atoms with Gasteiger partial charge in [0.05, 0.1) is 30.8 Å². The molecular weight excluding hydrogens is 564 g/mol. The second-order valence-electron chi connectivity index (χ2n) is 10.1. The predicted octanol–water partition coefficient (Wildman–Crippen LogP) is 4.96. The molecule has 0 bridgehead atoms. The van der Waals surface area contributed by atoms with Gasteiger partial charge in [-0.05, 0) is 70.2 Å². The number of urea groups is 1. The average molecular weight is 603 g/mol. The molecular formula is C33H38N4O7. The van der Waals surface area contributed by atoms with Gasteiger partial charge in [-0.3, -0.25) is 9.59 Å². The van der Waals surface area contributed by atoms with Crippen LogP contribution in [0.5, 0.6) is 0 Å². The number of nitrogens with one attached hydrogen (secondary N) is 3. The Morgan fingerprint density at radius 1 is 0.818 bits per heavy atom. The van der Waals surface area contributed by atoms with Crippen molar-refractivity contribution in [2.24, 2.45) is 0 Å². The van der Waals surface area contributed by atoms with E-state index in [4.69, 9.17) is 14.2 Å². The van der Waals surface area contributed by atoms with E-state index in [1.165, 1.54) is 17.0 Å². The summed E-state index contributed by atoms with van der Waals surface area (Å²) in [6.07, 6.45) is -1.10. The van der Waals surface area contributed by atoms with Crippen LogP contribution < -0.4 is 20.9 Å². The molecule has 0 radical (unpaired) electrons. The third-order valence-corrected chi connectivity index (χ3v) is 7.04. The van der Waals surface area contributed by atoms with Crippen molar-refractivity contribution < 1.29 is 33.4 Å². The summed E-state index contributed by atoms with van der Waals surface area (Å²) in [7, 11) is 0. The number of fused-ring (bicyclic) bond motifs is 1. The Morgan fingerprint density at radius 3 is 2.07 bits per heavy atom. The molecule has 11 nitrogen and oxygen atoms in total. The molecule has 0 spiro atoms. The van der Waals surface area contributed by atoms with Crippen molar-refractivity contribution in [3.8, 4) is 0 Å². The van der Waals surface area contributed by atoms with Crippen LogP contribution in [-0.4, -0.2) is 56.5 Å². The highest BCUT2D eigenvalue weighted by molar-refractivity contribution is 6.13. The van der Waals surface area contributed by atoms with Crippen LogP contribution in [-0.2, 0) is 29.3 Å². The smallest absolute Gasteiger partial charge is 0.338 e. The van der Waals surface area contributed by atoms with E-state index in [1.54, 1.807) is 55.5 Å². The van der Waals surface area contributed by atoms with Crippen molar-refractivity contribution in [2.45, 2.75) is 45.9 Å². The maximum Gasteiger partial charge on any atom is 0.338 e. The first kappa shape index (κ1) is 32.2. The average Bonchev–Trinajstić information content (AvgIpc) is 3.21. The first-order valence-corrected chi connectivity index (χ1v) is 14.6. The van der Waals surface area contributed by atoms with Crippen molar-refractivity contribution in [1.82, 2.24) is 5.32 Å². The highest BCUT2D eigenvalue weighted by Crippen LogP contribution is 2.43. The number of para-hydroxylation sites is 1. The zero-order valence-corrected chi connectivity index (χ0v) is 25.3. The van der Waals surface area contributed by atoms with Gasteiger partial charge in [0.25, 0.3) is 5.91 Å². The summed E-state index contributed by atoms with van der Waals surface area (Å²) in [6.45, 7) is 8.34. The molecule has 1 heterocycles. The van der Waals surface area contributed by atoms with E-state index in [0.717, 1.165) is 5.56 Å². The van der Waals surface area contributed by atoms with Gasteiger partial charge < -0.3 is 35.1 Å². The monoisotopic (exact) mass is 602 g/mol. The van der Waals surface area contributed by atoms with E-state index in [1.807, 2.05) is 32.9 Å². The van der Waals surface area contributed by atoms with E-state index in [0.29, 0.717) is 41.4 Å². The SMILES string of the molecule is CCOC(=O)c1ccc(NC(=O)N[C@]2(CC(=O)Nc3ccc(C)cc3)C(=O)N(CC(OCC)OCC)c3ccccc32)cc1. The largest absolute Gasteiger partial charge is 0.462 e. The summed E-state index contributed by atoms with van der Waals surface area (Å²) in [5.74, 6) is -1.45. The van der Waals surface area contributed by atoms with Crippen molar-refractivity contribution in [3.05, 3.63) is 89.5 Å². The van der Waals surface area contributed by atoms with Crippen molar-refractivity contribution >= 4 is 40.9 Å². The molecule has 1 aliphatic heterocycles. The zero-order valence-electron chi connectivity index (χ0n) is 25.3. The second-order valence-corrected chi connectivity index (χ2v) is 10.1. The lowest BCUT2D eigenvalue weighted by Crippen LogP contribution is -2.56. The molecule has 0 fully saturated rings. The Hall–Kier alpha value is -4.74. The number of benzene rings is 3. The third kappa shape index (κ3) is 7.42. The number of esters is 1. The van der Waals surface area contributed by atoms with Gasteiger partial charge in [0, 0.05) is 30.2 Å². The lowest BCUT2D eigenvalue weighted by atomic mass is 9.87. The first-order valence-electron chi connectivity index (χ1n) is 14.6. The van der Waals surface area contributed by atoms with Crippen LogP contribution in [0, 0.1) is 6.92 Å². The number of carbonyl (C=O) groups excluding carboxylic acids is 4. The van der Waals surface area contributed by atoms with Crippen LogP contribution in [0.2, 0.25) is 0 Å². The van der Waals surface area contributed by atoms with Gasteiger partial charge in [-0.1, -0.05) is 35.9 Å². The summed E-state index contributed by atoms with van der Waals surface area (Å²) < 4.78 is 16.5. The molecule has 4 amide bonds. The number of amides is 4. The standard InChI is InChI=1S/C33H38N4O7/c1-5-42-29(43-6-2)21-37-27-11-9-8-10-26(27)33(31(37)40,20-28(38)34-24-16-12-22(4)13-17-24)36-32(41)35-25-18-14-23(15-19-25)30(39)44-7-3/h8-19,29H,5-7,20-21H2,1-4H3,(H,34,38)(H2,35,36,41)/t33-/m0/s1. The molecule has 44 heavy (non-hydrogen) atoms. The number of ether oxygens (including phenoxy) is 3. The second kappa shape index (κ2) is 14.6. The van der Waals surface area contributed by atoms with Gasteiger partial charge in [0.2, 0.25) is 5.91 Å². The molecule has 0 unspecified atom stereocenters. The predicted molar refractivity (Wildman–Crippen MR) is 166 cm³/mol. The van der Waals surface area contributed by atoms with Gasteiger partial charge >= 0.3 is 12.0 Å². The van der Waals surface area contributed by atoms with Crippen LogP contribution in [0.1, 0.15) is 48.7 Å². The van der Waals surface area contributed by atoms with Crippen LogP contribution in [0.3, 0.4) is 0 Å². The van der Waals surface area contributed by atoms with Crippen LogP contribution >= 0.6 is 0 Å². The summed E-state index contributed by atoms with van der Waals surface area (Å²) in [5, 5.41) is 8.38. The number of hydrogen-bond donors (Lipinski definition) is 3. The number of rotatable bonds is 13. The quantitative estimate of drug-likeness (QED) is 0.186. The fourth-order valence-corrected chi connectivity index (χ4v) is 5.06. The summed E-state index contributed by atoms with van der Waals surface area (Å²) in [6, 6.07) is 19.7. The van der Waals surface area contributed by atoms with E-state index >= 15 is 0 Å². The molecule has 0 aromatic heterocycles. The molecule has 3 N–H and O–H groups in total. The van der Waals surface area contributed by atoms with Crippen molar-refractivity contribution in [3.63, 3.8) is 0 Å². The minimum Gasteiger partial charge on any atom is -0.462 e. The number of anilines is 3. The van der Waals surface area contributed by atoms with Gasteiger partial charge in [-0.25, -0.2) is 9.59 Å². The third-order valence-electron chi connectivity index (χ3n) is 7.04. The molecule has 11 heteroatoms. The maximum absolute atomic E-state index is 14.4. The Labute approximate surface area is 256 Å². The van der Waals surface area contributed by atoms with E-state index < -0.39 is 35.6 Å². The minimum absolute atomic E-state index is 0.0531. The Balaban J connectivity index is 1.65. The summed E-state index contributed by atoms with van der Waals surface area (Å²) >= 11 is 0. The topological polar surface area (TPSA) is 135 Å². The normalized spacial score (nSPS) is 15.6. The first-order chi connectivity index (χ1) is 21.2. The fraction of sp³-hybridized carbons (Fsp3) is 0.333. The number of aryl methyl sites for hydroxylation is 1. The van der Waals surface area contributed by atoms with E-state index in [2.05, 4.69) is 16.0 Å².